The molecule has 1 aliphatic rings. The Bertz CT molecular complexity index is 474. The molecule has 110 valence electrons. The van der Waals surface area contributed by atoms with Crippen molar-refractivity contribution in [2.24, 2.45) is 5.92 Å². The van der Waals surface area contributed by atoms with Crippen LogP contribution in [0.25, 0.3) is 0 Å². The number of carbonyl (C=O) groups is 1. The number of rotatable bonds is 3. The lowest BCUT2D eigenvalue weighted by Gasteiger charge is -2.31. The van der Waals surface area contributed by atoms with E-state index < -0.39 is 5.60 Å². The van der Waals surface area contributed by atoms with Gasteiger partial charge in [0.15, 0.2) is 0 Å². The summed E-state index contributed by atoms with van der Waals surface area (Å²) in [6, 6.07) is 8.31. The van der Waals surface area contributed by atoms with Gasteiger partial charge in [0.25, 0.3) is 0 Å². The van der Waals surface area contributed by atoms with E-state index in [1.807, 2.05) is 40.0 Å². The van der Waals surface area contributed by atoms with Crippen LogP contribution in [-0.4, -0.2) is 23.6 Å². The van der Waals surface area contributed by atoms with E-state index in [4.69, 9.17) is 4.74 Å². The lowest BCUT2D eigenvalue weighted by atomic mass is 10.0. The third kappa shape index (κ3) is 3.98. The van der Waals surface area contributed by atoms with E-state index in [-0.39, 0.29) is 12.1 Å². The van der Waals surface area contributed by atoms with Crippen molar-refractivity contribution in [3.05, 3.63) is 34.3 Å². The van der Waals surface area contributed by atoms with Crippen LogP contribution in [0.5, 0.6) is 0 Å². The van der Waals surface area contributed by atoms with E-state index in [9.17, 15) is 4.79 Å². The van der Waals surface area contributed by atoms with Crippen LogP contribution in [0.2, 0.25) is 0 Å². The van der Waals surface area contributed by atoms with E-state index in [0.717, 1.165) is 4.47 Å². The summed E-state index contributed by atoms with van der Waals surface area (Å²) in [5.74, 6) is 0.550. The molecule has 0 N–H and O–H groups in total. The van der Waals surface area contributed by atoms with Crippen LogP contribution in [0.15, 0.2) is 28.7 Å². The summed E-state index contributed by atoms with van der Waals surface area (Å²) in [7, 11) is 1.83. The third-order valence-corrected chi connectivity index (χ3v) is 3.91. The fourth-order valence-electron chi connectivity index (χ4n) is 2.33. The molecule has 1 aromatic carbocycles. The maximum Gasteiger partial charge on any atom is 0.410 e. The van der Waals surface area contributed by atoms with Gasteiger partial charge in [-0.05, 0) is 57.2 Å². The van der Waals surface area contributed by atoms with Crippen molar-refractivity contribution in [1.29, 1.82) is 0 Å². The lowest BCUT2D eigenvalue weighted by molar-refractivity contribution is 0.0199. The predicted octanol–water partition coefficient (Wildman–Crippen LogP) is 4.77. The van der Waals surface area contributed by atoms with Gasteiger partial charge in [-0.3, -0.25) is 0 Å². The minimum absolute atomic E-state index is 0.109. The van der Waals surface area contributed by atoms with Gasteiger partial charge >= 0.3 is 6.09 Å². The molecule has 1 fully saturated rings. The van der Waals surface area contributed by atoms with Gasteiger partial charge in [-0.15, -0.1) is 0 Å². The maximum absolute atomic E-state index is 12.3. The van der Waals surface area contributed by atoms with Crippen LogP contribution < -0.4 is 0 Å². The predicted molar refractivity (Wildman–Crippen MR) is 83.6 cm³/mol. The summed E-state index contributed by atoms with van der Waals surface area (Å²) in [5.41, 5.74) is 0.711. The van der Waals surface area contributed by atoms with Crippen LogP contribution in [0.3, 0.4) is 0 Å². The van der Waals surface area contributed by atoms with Gasteiger partial charge in [-0.1, -0.05) is 28.1 Å². The topological polar surface area (TPSA) is 29.5 Å². The van der Waals surface area contributed by atoms with E-state index in [0.29, 0.717) is 5.92 Å². The Kier molecular flexibility index (Phi) is 4.43. The molecule has 4 heteroatoms. The van der Waals surface area contributed by atoms with Gasteiger partial charge in [-0.25, -0.2) is 4.79 Å². The van der Waals surface area contributed by atoms with Crippen molar-refractivity contribution in [1.82, 2.24) is 4.90 Å². The van der Waals surface area contributed by atoms with Crippen molar-refractivity contribution >= 4 is 22.0 Å². The molecular weight excluding hydrogens is 318 g/mol. The third-order valence-electron chi connectivity index (χ3n) is 3.38. The van der Waals surface area contributed by atoms with Crippen LogP contribution >= 0.6 is 15.9 Å². The standard InChI is InChI=1S/C16H22BrNO2/c1-16(2,3)20-15(19)18(4)14(11-5-6-11)12-7-9-13(17)10-8-12/h7-11,14H,5-6H2,1-4H3. The Morgan fingerprint density at radius 3 is 2.30 bits per heavy atom. The number of halogens is 1. The van der Waals surface area contributed by atoms with Gasteiger partial charge in [-0.2, -0.15) is 0 Å². The number of amides is 1. The van der Waals surface area contributed by atoms with Crippen LogP contribution in [0, 0.1) is 5.92 Å². The van der Waals surface area contributed by atoms with Gasteiger partial charge in [0.1, 0.15) is 5.60 Å². The van der Waals surface area contributed by atoms with Gasteiger partial charge in [0.05, 0.1) is 6.04 Å². The number of ether oxygens (including phenoxy) is 1. The van der Waals surface area contributed by atoms with Gasteiger partial charge in [0, 0.05) is 11.5 Å². The zero-order chi connectivity index (χ0) is 14.9. The second-order valence-electron chi connectivity index (χ2n) is 6.43. The molecule has 1 amide bonds. The average molecular weight is 340 g/mol. The molecule has 2 rings (SSSR count). The smallest absolute Gasteiger partial charge is 0.410 e. The van der Waals surface area contributed by atoms with E-state index in [2.05, 4.69) is 28.1 Å². The Labute approximate surface area is 129 Å². The highest BCUT2D eigenvalue weighted by atomic mass is 79.9. The van der Waals surface area contributed by atoms with Gasteiger partial charge < -0.3 is 9.64 Å². The monoisotopic (exact) mass is 339 g/mol. The summed E-state index contributed by atoms with van der Waals surface area (Å²) in [6.45, 7) is 5.68. The largest absolute Gasteiger partial charge is 0.444 e. The first kappa shape index (κ1) is 15.4. The van der Waals surface area contributed by atoms with Crippen molar-refractivity contribution in [2.75, 3.05) is 7.05 Å². The van der Waals surface area contributed by atoms with E-state index >= 15 is 0 Å². The summed E-state index contributed by atoms with van der Waals surface area (Å²) < 4.78 is 6.53. The second-order valence-corrected chi connectivity index (χ2v) is 7.34. The molecule has 0 radical (unpaired) electrons. The number of carbonyl (C=O) groups excluding carboxylic acids is 1. The second kappa shape index (κ2) is 5.76. The molecule has 0 aliphatic heterocycles. The summed E-state index contributed by atoms with van der Waals surface area (Å²) in [5, 5.41) is 0. The molecule has 0 aromatic heterocycles. The minimum Gasteiger partial charge on any atom is -0.444 e. The van der Waals surface area contributed by atoms with Gasteiger partial charge in [0.2, 0.25) is 0 Å². The number of benzene rings is 1. The Balaban J connectivity index is 2.16. The van der Waals surface area contributed by atoms with Crippen LogP contribution in [-0.2, 0) is 4.74 Å². The maximum atomic E-state index is 12.3. The Hall–Kier alpha value is -1.03. The zero-order valence-corrected chi connectivity index (χ0v) is 14.1. The molecule has 1 unspecified atom stereocenters. The molecule has 3 nitrogen and oxygen atoms in total. The first-order valence-corrected chi connectivity index (χ1v) is 7.78. The molecule has 20 heavy (non-hydrogen) atoms. The quantitative estimate of drug-likeness (QED) is 0.793. The highest BCUT2D eigenvalue weighted by Crippen LogP contribution is 2.44. The molecular formula is C16H22BrNO2. The fourth-order valence-corrected chi connectivity index (χ4v) is 2.60. The molecule has 1 atom stereocenters. The van der Waals surface area contributed by atoms with E-state index in [1.54, 1.807) is 4.90 Å². The molecule has 0 heterocycles. The Morgan fingerprint density at radius 1 is 1.30 bits per heavy atom. The van der Waals surface area contributed by atoms with Crippen molar-refractivity contribution in [3.63, 3.8) is 0 Å². The van der Waals surface area contributed by atoms with Crippen molar-refractivity contribution in [2.45, 2.75) is 45.3 Å². The SMILES string of the molecule is CN(C(=O)OC(C)(C)C)C(c1ccc(Br)cc1)C1CC1. The minimum atomic E-state index is -0.459. The Morgan fingerprint density at radius 2 is 1.85 bits per heavy atom. The van der Waals surface area contributed by atoms with E-state index in [1.165, 1.54) is 18.4 Å². The van der Waals surface area contributed by atoms with Crippen molar-refractivity contribution in [3.8, 4) is 0 Å². The summed E-state index contributed by atoms with van der Waals surface area (Å²) in [6.07, 6.45) is 2.10. The first-order valence-electron chi connectivity index (χ1n) is 6.99. The molecule has 1 aromatic rings. The highest BCUT2D eigenvalue weighted by Gasteiger charge is 2.38. The molecule has 0 spiro atoms. The zero-order valence-electron chi connectivity index (χ0n) is 12.5. The summed E-state index contributed by atoms with van der Waals surface area (Å²) in [4.78, 5) is 14.0. The lowest BCUT2D eigenvalue weighted by Crippen LogP contribution is -2.37. The first-order chi connectivity index (χ1) is 9.28. The summed E-state index contributed by atoms with van der Waals surface area (Å²) >= 11 is 3.45. The number of hydrogen-bond acceptors (Lipinski definition) is 2. The fraction of sp³-hybridized carbons (Fsp3) is 0.562. The normalized spacial score (nSPS) is 16.6. The molecule has 0 saturated heterocycles. The molecule has 1 aliphatic carbocycles. The number of hydrogen-bond donors (Lipinski definition) is 0. The molecule has 0 bridgehead atoms. The average Bonchev–Trinajstić information content (AvgIpc) is 3.14. The number of nitrogens with zero attached hydrogens (tertiary/aromatic N) is 1. The molecule has 1 saturated carbocycles. The van der Waals surface area contributed by atoms with Crippen molar-refractivity contribution < 1.29 is 9.53 Å². The van der Waals surface area contributed by atoms with Crippen LogP contribution in [0.4, 0.5) is 4.79 Å². The highest BCUT2D eigenvalue weighted by molar-refractivity contribution is 9.10. The van der Waals surface area contributed by atoms with Crippen LogP contribution in [0.1, 0.15) is 45.2 Å².